The second-order valence-electron chi connectivity index (χ2n) is 16.6. The zero-order chi connectivity index (χ0) is 36.1. The number of thioether (sulfide) groups is 1. The van der Waals surface area contributed by atoms with Crippen LogP contribution in [0.3, 0.4) is 0 Å². The fourth-order valence-electron chi connectivity index (χ4n) is 9.21. The molecule has 2 aliphatic carbocycles. The van der Waals surface area contributed by atoms with Gasteiger partial charge in [-0.3, -0.25) is 9.59 Å². The lowest BCUT2D eigenvalue weighted by Crippen LogP contribution is -2.70. The van der Waals surface area contributed by atoms with E-state index in [1.54, 1.807) is 0 Å². The molecular weight excluding hydrogens is 665 g/mol. The highest BCUT2D eigenvalue weighted by atomic mass is 32.2. The van der Waals surface area contributed by atoms with Crippen LogP contribution in [0.5, 0.6) is 0 Å². The van der Waals surface area contributed by atoms with Gasteiger partial charge in [0.25, 0.3) is 8.32 Å². The van der Waals surface area contributed by atoms with Crippen LogP contribution in [0, 0.1) is 10.8 Å². The Morgan fingerprint density at radius 1 is 0.882 bits per heavy atom. The van der Waals surface area contributed by atoms with Gasteiger partial charge in [-0.15, -0.1) is 11.8 Å². The highest BCUT2D eigenvalue weighted by Crippen LogP contribution is 2.55. The number of hydrogen-bond acceptors (Lipinski definition) is 4. The first-order chi connectivity index (χ1) is 24.3. The molecule has 0 radical (unpaired) electrons. The number of amides is 2. The molecule has 0 saturated carbocycles. The highest BCUT2D eigenvalue weighted by Gasteiger charge is 2.61. The Kier molecular flexibility index (Phi) is 9.39. The van der Waals surface area contributed by atoms with Crippen LogP contribution >= 0.6 is 11.8 Å². The smallest absolute Gasteiger partial charge is 0.261 e. The summed E-state index contributed by atoms with van der Waals surface area (Å²) in [6.45, 7) is 14.2. The van der Waals surface area contributed by atoms with E-state index >= 15 is 0 Å². The molecule has 3 atom stereocenters. The summed E-state index contributed by atoms with van der Waals surface area (Å²) in [6.07, 6.45) is 11.4. The number of carbonyl (C=O) groups is 2. The molecule has 2 aliphatic heterocycles. The Labute approximate surface area is 309 Å². The molecule has 2 heterocycles. The number of carbonyl (C=O) groups excluding carboxylic acids is 2. The van der Waals surface area contributed by atoms with Crippen molar-refractivity contribution in [1.82, 2.24) is 10.2 Å². The summed E-state index contributed by atoms with van der Waals surface area (Å²) in [5.74, 6) is -0.0253. The topological polar surface area (TPSA) is 58.6 Å². The van der Waals surface area contributed by atoms with E-state index < -0.39 is 24.7 Å². The van der Waals surface area contributed by atoms with Crippen molar-refractivity contribution in [3.8, 4) is 0 Å². The Morgan fingerprint density at radius 2 is 1.45 bits per heavy atom. The molecule has 0 aromatic heterocycles. The average molecular weight is 717 g/mol. The summed E-state index contributed by atoms with van der Waals surface area (Å²) >= 11 is 1.85. The highest BCUT2D eigenvalue weighted by molar-refractivity contribution is 8.00. The van der Waals surface area contributed by atoms with E-state index in [-0.39, 0.29) is 28.2 Å². The van der Waals surface area contributed by atoms with Crippen molar-refractivity contribution in [2.24, 2.45) is 10.8 Å². The number of nitrogens with zero attached hydrogens (tertiary/aromatic N) is 1. The van der Waals surface area contributed by atoms with Crippen molar-refractivity contribution in [2.45, 2.75) is 100 Å². The van der Waals surface area contributed by atoms with Gasteiger partial charge in [0.1, 0.15) is 5.54 Å². The lowest BCUT2D eigenvalue weighted by molar-refractivity contribution is -0.149. The third-order valence-electron chi connectivity index (χ3n) is 11.9. The molecule has 5 nitrogen and oxygen atoms in total. The van der Waals surface area contributed by atoms with Gasteiger partial charge in [0.2, 0.25) is 11.8 Å². The number of allylic oxidation sites excluding steroid dienone is 3. The van der Waals surface area contributed by atoms with Crippen molar-refractivity contribution >= 4 is 42.3 Å². The standard InChI is InChI=1S/C44H52N2O3SSi/c1-41(2,3)51(33-22-13-8-14-23-33,34-24-15-9-16-25-34)49-38-37(50-32-20-11-7-12-21-32)30-36-35(42(38,4)5)31-44(39(47)45-36)28-19-29-46(44)40(48)43(6)26-17-10-18-27-43/h7-9,11-18,20-27,37-38H,10,19,28-31H2,1-6H3,(H,45,47)/t37-,38+,44+/m0/s1. The Balaban J connectivity index is 1.35. The zero-order valence-corrected chi connectivity index (χ0v) is 32.8. The minimum atomic E-state index is -2.96. The van der Waals surface area contributed by atoms with Crippen LogP contribution in [0.2, 0.25) is 5.04 Å². The normalized spacial score (nSPS) is 25.5. The lowest BCUT2D eigenvalue weighted by atomic mass is 9.65. The molecule has 1 saturated heterocycles. The van der Waals surface area contributed by atoms with E-state index in [0.717, 1.165) is 18.5 Å². The second-order valence-corrected chi connectivity index (χ2v) is 22.2. The van der Waals surface area contributed by atoms with Crippen molar-refractivity contribution in [2.75, 3.05) is 6.54 Å². The lowest BCUT2D eigenvalue weighted by Gasteiger charge is -2.55. The van der Waals surface area contributed by atoms with Gasteiger partial charge in [-0.25, -0.2) is 0 Å². The van der Waals surface area contributed by atoms with E-state index in [4.69, 9.17) is 4.43 Å². The molecule has 0 unspecified atom stereocenters. The third kappa shape index (κ3) is 6.09. The summed E-state index contributed by atoms with van der Waals surface area (Å²) in [5.41, 5.74) is 0.0961. The molecule has 3 aromatic rings. The minimum absolute atomic E-state index is 0.0117. The predicted molar refractivity (Wildman–Crippen MR) is 211 cm³/mol. The number of nitrogens with one attached hydrogen (secondary N) is 1. The number of benzene rings is 3. The van der Waals surface area contributed by atoms with E-state index in [1.165, 1.54) is 20.8 Å². The van der Waals surface area contributed by atoms with Gasteiger partial charge in [-0.1, -0.05) is 138 Å². The van der Waals surface area contributed by atoms with E-state index in [9.17, 15) is 9.59 Å². The Bertz CT molecular complexity index is 1810. The number of hydrogen-bond donors (Lipinski definition) is 1. The molecule has 7 rings (SSSR count). The fourth-order valence-corrected chi connectivity index (χ4v) is 15.6. The molecule has 266 valence electrons. The molecule has 1 spiro atoms. The summed E-state index contributed by atoms with van der Waals surface area (Å²) in [4.78, 5) is 32.0. The molecule has 1 N–H and O–H groups in total. The van der Waals surface area contributed by atoms with Crippen molar-refractivity contribution < 1.29 is 14.0 Å². The predicted octanol–water partition coefficient (Wildman–Crippen LogP) is 8.18. The number of likely N-dealkylation sites (tertiary alicyclic amines) is 1. The molecule has 2 amide bonds. The second kappa shape index (κ2) is 13.4. The van der Waals surface area contributed by atoms with Gasteiger partial charge < -0.3 is 14.6 Å². The van der Waals surface area contributed by atoms with E-state index in [0.29, 0.717) is 25.8 Å². The maximum Gasteiger partial charge on any atom is 0.261 e. The molecule has 0 bridgehead atoms. The van der Waals surface area contributed by atoms with Gasteiger partial charge >= 0.3 is 0 Å². The van der Waals surface area contributed by atoms with Gasteiger partial charge in [-0.05, 0) is 59.3 Å². The van der Waals surface area contributed by atoms with E-state index in [2.05, 4.69) is 143 Å². The molecule has 1 fully saturated rings. The van der Waals surface area contributed by atoms with Crippen molar-refractivity contribution in [1.29, 1.82) is 0 Å². The van der Waals surface area contributed by atoms with E-state index in [1.807, 2.05) is 35.7 Å². The molecule has 4 aliphatic rings. The van der Waals surface area contributed by atoms with Gasteiger partial charge in [0.15, 0.2) is 0 Å². The minimum Gasteiger partial charge on any atom is -0.402 e. The van der Waals surface area contributed by atoms with Gasteiger partial charge in [0.05, 0.1) is 11.5 Å². The maximum atomic E-state index is 14.5. The zero-order valence-electron chi connectivity index (χ0n) is 30.9. The SMILES string of the molecule is CC1(C(=O)N2CCC[C@]23CC2=C(C[C@H](Sc4ccccc4)[C@@H](O[Si](c4ccccc4)(c4ccccc4)C(C)(C)C)C2(C)C)NC3=O)C=CCC=C1. The van der Waals surface area contributed by atoms with Crippen LogP contribution in [0.25, 0.3) is 0 Å². The maximum absolute atomic E-state index is 14.5. The van der Waals surface area contributed by atoms with Crippen molar-refractivity contribution in [3.63, 3.8) is 0 Å². The number of rotatable bonds is 7. The monoisotopic (exact) mass is 716 g/mol. The van der Waals surface area contributed by atoms with Crippen LogP contribution < -0.4 is 15.7 Å². The average Bonchev–Trinajstić information content (AvgIpc) is 3.54. The molecular formula is C44H52N2O3SSi. The molecule has 7 heteroatoms. The molecule has 51 heavy (non-hydrogen) atoms. The fraction of sp³-hybridized carbons (Fsp3) is 0.409. The Hall–Kier alpha value is -3.65. The van der Waals surface area contributed by atoms with Gasteiger partial charge in [0, 0.05) is 40.6 Å². The molecule has 3 aromatic carbocycles. The van der Waals surface area contributed by atoms with Crippen LogP contribution in [0.1, 0.15) is 73.6 Å². The summed E-state index contributed by atoms with van der Waals surface area (Å²) < 4.78 is 8.10. The van der Waals surface area contributed by atoms with Crippen molar-refractivity contribution in [3.05, 3.63) is 127 Å². The first-order valence-electron chi connectivity index (χ1n) is 18.5. The Morgan fingerprint density at radius 3 is 2.02 bits per heavy atom. The quantitative estimate of drug-likeness (QED) is 0.198. The van der Waals surface area contributed by atoms with Crippen LogP contribution in [-0.4, -0.2) is 48.5 Å². The third-order valence-corrected chi connectivity index (χ3v) is 18.2. The summed E-state index contributed by atoms with van der Waals surface area (Å²) in [5, 5.41) is 5.80. The van der Waals surface area contributed by atoms with Gasteiger partial charge in [-0.2, -0.15) is 0 Å². The first-order valence-corrected chi connectivity index (χ1v) is 21.3. The van der Waals surface area contributed by atoms with Crippen LogP contribution in [0.4, 0.5) is 0 Å². The largest absolute Gasteiger partial charge is 0.402 e. The summed E-state index contributed by atoms with van der Waals surface area (Å²) in [7, 11) is -2.96. The first kappa shape index (κ1) is 35.7. The summed E-state index contributed by atoms with van der Waals surface area (Å²) in [6, 6.07) is 32.4. The van der Waals surface area contributed by atoms with Crippen LogP contribution in [-0.2, 0) is 14.0 Å². The van der Waals surface area contributed by atoms with Crippen LogP contribution in [0.15, 0.2) is 131 Å².